The van der Waals surface area contributed by atoms with Gasteiger partial charge in [0.15, 0.2) is 6.29 Å². The fraction of sp³-hybridized carbons (Fsp3) is 0.143. The number of pyridine rings is 1. The van der Waals surface area contributed by atoms with Gasteiger partial charge in [-0.1, -0.05) is 12.1 Å². The number of nitrogens with zero attached hydrogens (tertiary/aromatic N) is 1. The van der Waals surface area contributed by atoms with Gasteiger partial charge >= 0.3 is 0 Å². The van der Waals surface area contributed by atoms with Crippen LogP contribution in [0.15, 0.2) is 36.4 Å². The van der Waals surface area contributed by atoms with Gasteiger partial charge in [0, 0.05) is 5.69 Å². The number of hydrogen-bond donors (Lipinski definition) is 1. The highest BCUT2D eigenvalue weighted by Gasteiger charge is 2.05. The lowest BCUT2D eigenvalue weighted by Gasteiger charge is -2.08. The van der Waals surface area contributed by atoms with E-state index in [9.17, 15) is 4.79 Å². The number of ether oxygens (including phenoxy) is 1. The number of rotatable bonds is 4. The molecule has 0 aliphatic carbocycles. The zero-order valence-electron chi connectivity index (χ0n) is 9.96. The summed E-state index contributed by atoms with van der Waals surface area (Å²) < 4.78 is 5.53. The molecule has 2 aromatic rings. The second kappa shape index (κ2) is 5.31. The van der Waals surface area contributed by atoms with E-state index in [0.29, 0.717) is 24.3 Å². The Bertz CT molecular complexity index is 549. The van der Waals surface area contributed by atoms with E-state index in [2.05, 4.69) is 4.98 Å². The van der Waals surface area contributed by atoms with Crippen molar-refractivity contribution in [3.63, 3.8) is 0 Å². The number of aromatic nitrogens is 1. The van der Waals surface area contributed by atoms with E-state index in [1.165, 1.54) is 0 Å². The summed E-state index contributed by atoms with van der Waals surface area (Å²) in [4.78, 5) is 14.9. The maximum Gasteiger partial charge on any atom is 0.172 e. The molecule has 0 amide bonds. The van der Waals surface area contributed by atoms with E-state index in [1.807, 2.05) is 6.92 Å². The number of hydrogen-bond acceptors (Lipinski definition) is 4. The Morgan fingerprint density at radius 1 is 1.22 bits per heavy atom. The van der Waals surface area contributed by atoms with Crippen LogP contribution in [0, 0.1) is 6.92 Å². The summed E-state index contributed by atoms with van der Waals surface area (Å²) in [5.74, 6) is 0.674. The maximum atomic E-state index is 10.9. The van der Waals surface area contributed by atoms with E-state index < -0.39 is 0 Å². The predicted molar refractivity (Wildman–Crippen MR) is 66.8 cm³/mol. The van der Waals surface area contributed by atoms with Gasteiger partial charge in [-0.3, -0.25) is 4.79 Å². The minimum atomic E-state index is 0.212. The molecule has 92 valence electrons. The van der Waals surface area contributed by atoms with Gasteiger partial charge in [0.1, 0.15) is 23.8 Å². The molecule has 18 heavy (non-hydrogen) atoms. The van der Waals surface area contributed by atoms with Crippen LogP contribution in [0.1, 0.15) is 21.7 Å². The molecule has 4 heteroatoms. The maximum absolute atomic E-state index is 10.9. The lowest BCUT2D eigenvalue weighted by molar-refractivity contribution is 0.111. The molecular weight excluding hydrogens is 230 g/mol. The average Bonchev–Trinajstić information content (AvgIpc) is 2.39. The minimum Gasteiger partial charge on any atom is -0.508 e. The fourth-order valence-electron chi connectivity index (χ4n) is 1.52. The second-order valence-electron chi connectivity index (χ2n) is 3.91. The predicted octanol–water partition coefficient (Wildman–Crippen LogP) is 2.49. The first kappa shape index (κ1) is 12.1. The van der Waals surface area contributed by atoms with Crippen molar-refractivity contribution >= 4 is 6.29 Å². The fourth-order valence-corrected chi connectivity index (χ4v) is 1.52. The van der Waals surface area contributed by atoms with Gasteiger partial charge in [-0.05, 0) is 36.8 Å². The summed E-state index contributed by atoms with van der Waals surface area (Å²) in [5, 5.41) is 9.16. The molecule has 0 saturated heterocycles. The summed E-state index contributed by atoms with van der Waals surface area (Å²) in [6, 6.07) is 10.2. The Balaban J connectivity index is 2.10. The molecule has 1 N–H and O–H groups in total. The third-order valence-electron chi connectivity index (χ3n) is 2.47. The number of aromatic hydroxyl groups is 1. The van der Waals surface area contributed by atoms with Crippen LogP contribution in [0.3, 0.4) is 0 Å². The first-order chi connectivity index (χ1) is 8.69. The first-order valence-corrected chi connectivity index (χ1v) is 5.52. The quantitative estimate of drug-likeness (QED) is 0.838. The number of aryl methyl sites for hydroxylation is 1. The minimum absolute atomic E-state index is 0.212. The van der Waals surface area contributed by atoms with Crippen LogP contribution in [0.5, 0.6) is 11.5 Å². The third-order valence-corrected chi connectivity index (χ3v) is 2.47. The molecule has 0 aliphatic heterocycles. The summed E-state index contributed by atoms with van der Waals surface area (Å²) in [5.41, 5.74) is 1.98. The van der Waals surface area contributed by atoms with E-state index in [-0.39, 0.29) is 5.75 Å². The molecule has 1 aromatic heterocycles. The Morgan fingerprint density at radius 2 is 1.94 bits per heavy atom. The highest BCUT2D eigenvalue weighted by Crippen LogP contribution is 2.17. The van der Waals surface area contributed by atoms with Gasteiger partial charge in [0.25, 0.3) is 0 Å². The number of phenolic OH excluding ortho intramolecular Hbond substituents is 1. The molecular formula is C14H13NO3. The molecule has 0 saturated carbocycles. The molecule has 0 radical (unpaired) electrons. The monoisotopic (exact) mass is 243 g/mol. The van der Waals surface area contributed by atoms with Crippen LogP contribution >= 0.6 is 0 Å². The molecule has 1 heterocycles. The van der Waals surface area contributed by atoms with Crippen molar-refractivity contribution < 1.29 is 14.6 Å². The van der Waals surface area contributed by atoms with E-state index >= 15 is 0 Å². The molecule has 0 fully saturated rings. The first-order valence-electron chi connectivity index (χ1n) is 5.52. The summed E-state index contributed by atoms with van der Waals surface area (Å²) in [6.45, 7) is 2.14. The molecule has 0 unspecified atom stereocenters. The number of aldehydes is 1. The van der Waals surface area contributed by atoms with Gasteiger partial charge in [0.05, 0.1) is 0 Å². The number of carbonyl (C=O) groups is 1. The number of phenols is 1. The van der Waals surface area contributed by atoms with Crippen LogP contribution < -0.4 is 4.74 Å². The molecule has 0 spiro atoms. The molecule has 0 aliphatic rings. The van der Waals surface area contributed by atoms with Gasteiger partial charge in [0.2, 0.25) is 0 Å². The molecule has 0 bridgehead atoms. The molecule has 1 aromatic carbocycles. The SMILES string of the molecule is Cc1ccc(OCc2ccc(O)cc2)c(C=O)n1. The molecule has 2 rings (SSSR count). The van der Waals surface area contributed by atoms with Crippen LogP contribution in [0.2, 0.25) is 0 Å². The average molecular weight is 243 g/mol. The number of benzene rings is 1. The van der Waals surface area contributed by atoms with Crippen molar-refractivity contribution in [2.24, 2.45) is 0 Å². The summed E-state index contributed by atoms with van der Waals surface area (Å²) in [6.07, 6.45) is 0.680. The van der Waals surface area contributed by atoms with Gasteiger partial charge < -0.3 is 9.84 Å². The lowest BCUT2D eigenvalue weighted by atomic mass is 10.2. The Labute approximate surface area is 105 Å². The van der Waals surface area contributed by atoms with Crippen molar-refractivity contribution in [3.05, 3.63) is 53.3 Å². The zero-order chi connectivity index (χ0) is 13.0. The standard InChI is InChI=1S/C14H13NO3/c1-10-2-7-14(13(8-16)15-10)18-9-11-3-5-12(17)6-4-11/h2-8,17H,9H2,1H3. The topological polar surface area (TPSA) is 59.4 Å². The van der Waals surface area contributed by atoms with Crippen LogP contribution in [-0.2, 0) is 6.61 Å². The normalized spacial score (nSPS) is 10.1. The van der Waals surface area contributed by atoms with Gasteiger partial charge in [-0.25, -0.2) is 4.98 Å². The van der Waals surface area contributed by atoms with Crippen molar-refractivity contribution in [2.75, 3.05) is 0 Å². The Kier molecular flexibility index (Phi) is 3.57. The molecule has 4 nitrogen and oxygen atoms in total. The Hall–Kier alpha value is -2.36. The van der Waals surface area contributed by atoms with E-state index in [4.69, 9.17) is 9.84 Å². The smallest absolute Gasteiger partial charge is 0.172 e. The lowest BCUT2D eigenvalue weighted by Crippen LogP contribution is -2.00. The zero-order valence-corrected chi connectivity index (χ0v) is 9.96. The van der Waals surface area contributed by atoms with Crippen molar-refractivity contribution in [2.45, 2.75) is 13.5 Å². The van der Waals surface area contributed by atoms with Crippen LogP contribution in [-0.4, -0.2) is 16.4 Å². The second-order valence-corrected chi connectivity index (χ2v) is 3.91. The number of carbonyl (C=O) groups excluding carboxylic acids is 1. The van der Waals surface area contributed by atoms with E-state index in [1.54, 1.807) is 36.4 Å². The van der Waals surface area contributed by atoms with Gasteiger partial charge in [-0.15, -0.1) is 0 Å². The van der Waals surface area contributed by atoms with Crippen LogP contribution in [0.4, 0.5) is 0 Å². The van der Waals surface area contributed by atoms with Crippen molar-refractivity contribution in [1.82, 2.24) is 4.98 Å². The van der Waals surface area contributed by atoms with E-state index in [0.717, 1.165) is 11.3 Å². The summed E-state index contributed by atoms with van der Waals surface area (Å²) >= 11 is 0. The third kappa shape index (κ3) is 2.85. The Morgan fingerprint density at radius 3 is 2.61 bits per heavy atom. The van der Waals surface area contributed by atoms with Crippen molar-refractivity contribution in [3.8, 4) is 11.5 Å². The van der Waals surface area contributed by atoms with Crippen LogP contribution in [0.25, 0.3) is 0 Å². The highest BCUT2D eigenvalue weighted by atomic mass is 16.5. The largest absolute Gasteiger partial charge is 0.508 e. The highest BCUT2D eigenvalue weighted by molar-refractivity contribution is 5.76. The van der Waals surface area contributed by atoms with Crippen molar-refractivity contribution in [1.29, 1.82) is 0 Å². The summed E-state index contributed by atoms with van der Waals surface area (Å²) in [7, 11) is 0. The molecule has 0 atom stereocenters. The van der Waals surface area contributed by atoms with Gasteiger partial charge in [-0.2, -0.15) is 0 Å².